The van der Waals surface area contributed by atoms with Crippen molar-refractivity contribution in [1.82, 2.24) is 10.2 Å². The second kappa shape index (κ2) is 10.0. The average molecular weight is 411 g/mol. The predicted octanol–water partition coefficient (Wildman–Crippen LogP) is 3.00. The highest BCUT2D eigenvalue weighted by Gasteiger charge is 2.28. The van der Waals surface area contributed by atoms with Gasteiger partial charge in [0.1, 0.15) is 5.82 Å². The summed E-state index contributed by atoms with van der Waals surface area (Å²) in [5, 5.41) is 5.53. The molecule has 0 saturated carbocycles. The van der Waals surface area contributed by atoms with Crippen molar-refractivity contribution >= 4 is 23.4 Å². The quantitative estimate of drug-likeness (QED) is 0.767. The van der Waals surface area contributed by atoms with Crippen LogP contribution in [0, 0.1) is 11.7 Å². The number of carbonyl (C=O) groups is 3. The van der Waals surface area contributed by atoms with Gasteiger partial charge in [-0.05, 0) is 55.2 Å². The molecule has 0 radical (unpaired) electrons. The minimum atomic E-state index is -0.385. The Labute approximate surface area is 175 Å². The van der Waals surface area contributed by atoms with Crippen LogP contribution < -0.4 is 10.6 Å². The van der Waals surface area contributed by atoms with Crippen molar-refractivity contribution in [3.63, 3.8) is 0 Å². The third kappa shape index (κ3) is 5.43. The minimum Gasteiger partial charge on any atom is -0.347 e. The zero-order valence-corrected chi connectivity index (χ0v) is 17.0. The number of piperidine rings is 1. The molecule has 6 nitrogen and oxygen atoms in total. The number of benzene rings is 2. The van der Waals surface area contributed by atoms with Gasteiger partial charge < -0.3 is 15.5 Å². The van der Waals surface area contributed by atoms with Gasteiger partial charge in [-0.1, -0.05) is 25.1 Å². The van der Waals surface area contributed by atoms with E-state index < -0.39 is 0 Å². The average Bonchev–Trinajstić information content (AvgIpc) is 2.78. The van der Waals surface area contributed by atoms with Crippen LogP contribution >= 0.6 is 0 Å². The van der Waals surface area contributed by atoms with E-state index in [1.165, 1.54) is 24.3 Å². The van der Waals surface area contributed by atoms with Gasteiger partial charge in [0.25, 0.3) is 5.91 Å². The molecular weight excluding hydrogens is 385 g/mol. The zero-order chi connectivity index (χ0) is 21.5. The lowest BCUT2D eigenvalue weighted by Crippen LogP contribution is -2.44. The van der Waals surface area contributed by atoms with E-state index in [1.54, 1.807) is 4.90 Å². The maximum atomic E-state index is 13.0. The van der Waals surface area contributed by atoms with Gasteiger partial charge in [0.05, 0.1) is 6.54 Å². The molecule has 1 aliphatic rings. The van der Waals surface area contributed by atoms with Crippen LogP contribution in [0.3, 0.4) is 0 Å². The number of nitrogens with one attached hydrogen (secondary N) is 2. The first-order valence-electron chi connectivity index (χ1n) is 10.2. The van der Waals surface area contributed by atoms with Crippen molar-refractivity contribution < 1.29 is 18.8 Å². The molecule has 0 bridgehead atoms. The van der Waals surface area contributed by atoms with Gasteiger partial charge in [0.2, 0.25) is 11.8 Å². The van der Waals surface area contributed by atoms with Gasteiger partial charge in [0.15, 0.2) is 0 Å². The third-order valence-corrected chi connectivity index (χ3v) is 5.34. The second-order valence-corrected chi connectivity index (χ2v) is 7.35. The van der Waals surface area contributed by atoms with Crippen LogP contribution in [0.1, 0.15) is 35.7 Å². The third-order valence-electron chi connectivity index (χ3n) is 5.34. The van der Waals surface area contributed by atoms with Crippen molar-refractivity contribution in [3.8, 4) is 0 Å². The van der Waals surface area contributed by atoms with Crippen molar-refractivity contribution in [2.75, 3.05) is 25.0 Å². The number of rotatable bonds is 6. The van der Waals surface area contributed by atoms with Gasteiger partial charge in [-0.25, -0.2) is 4.39 Å². The number of amides is 3. The lowest BCUT2D eigenvalue weighted by Gasteiger charge is -2.31. The Balaban J connectivity index is 1.44. The molecule has 1 heterocycles. The summed E-state index contributed by atoms with van der Waals surface area (Å²) in [6, 6.07) is 13.0. The number of para-hydroxylation sites is 1. The second-order valence-electron chi connectivity index (χ2n) is 7.35. The molecule has 3 rings (SSSR count). The Kier molecular flexibility index (Phi) is 7.17. The van der Waals surface area contributed by atoms with Crippen LogP contribution in [-0.2, 0) is 16.0 Å². The van der Waals surface area contributed by atoms with E-state index in [-0.39, 0.29) is 36.0 Å². The van der Waals surface area contributed by atoms with Crippen LogP contribution in [0.25, 0.3) is 0 Å². The van der Waals surface area contributed by atoms with Gasteiger partial charge >= 0.3 is 0 Å². The Morgan fingerprint density at radius 3 is 2.37 bits per heavy atom. The van der Waals surface area contributed by atoms with Gasteiger partial charge in [-0.15, -0.1) is 0 Å². The van der Waals surface area contributed by atoms with Crippen molar-refractivity contribution in [2.24, 2.45) is 5.92 Å². The van der Waals surface area contributed by atoms with E-state index in [4.69, 9.17) is 0 Å². The van der Waals surface area contributed by atoms with E-state index in [0.717, 1.165) is 17.7 Å². The van der Waals surface area contributed by atoms with Gasteiger partial charge in [-0.2, -0.15) is 0 Å². The molecule has 2 aromatic carbocycles. The molecule has 0 aromatic heterocycles. The van der Waals surface area contributed by atoms with E-state index in [1.807, 2.05) is 31.2 Å². The summed E-state index contributed by atoms with van der Waals surface area (Å²) < 4.78 is 13.0. The Hall–Kier alpha value is -3.22. The number of halogens is 1. The monoisotopic (exact) mass is 411 g/mol. The molecule has 0 spiro atoms. The molecular formula is C23H26FN3O3. The molecule has 158 valence electrons. The summed E-state index contributed by atoms with van der Waals surface area (Å²) in [6.07, 6.45) is 1.86. The zero-order valence-electron chi connectivity index (χ0n) is 17.0. The summed E-state index contributed by atoms with van der Waals surface area (Å²) in [5.74, 6) is -1.24. The molecule has 1 aliphatic heterocycles. The molecule has 3 amide bonds. The first-order chi connectivity index (χ1) is 14.5. The fraction of sp³-hybridized carbons (Fsp3) is 0.348. The number of likely N-dealkylation sites (tertiary alicyclic amines) is 1. The smallest absolute Gasteiger partial charge is 0.253 e. The minimum absolute atomic E-state index is 0.0917. The van der Waals surface area contributed by atoms with Crippen LogP contribution in [0.5, 0.6) is 0 Å². The lowest BCUT2D eigenvalue weighted by atomic mass is 9.95. The molecule has 0 unspecified atom stereocenters. The van der Waals surface area contributed by atoms with E-state index in [0.29, 0.717) is 31.5 Å². The highest BCUT2D eigenvalue weighted by molar-refractivity contribution is 5.96. The molecule has 30 heavy (non-hydrogen) atoms. The first-order valence-corrected chi connectivity index (χ1v) is 10.2. The predicted molar refractivity (Wildman–Crippen MR) is 112 cm³/mol. The molecule has 0 aliphatic carbocycles. The summed E-state index contributed by atoms with van der Waals surface area (Å²) in [6.45, 7) is 2.82. The Bertz CT molecular complexity index is 906. The summed E-state index contributed by atoms with van der Waals surface area (Å²) in [7, 11) is 0. The normalized spacial score (nSPS) is 14.3. The fourth-order valence-corrected chi connectivity index (χ4v) is 3.58. The highest BCUT2D eigenvalue weighted by atomic mass is 19.1. The topological polar surface area (TPSA) is 78.5 Å². The fourth-order valence-electron chi connectivity index (χ4n) is 3.58. The number of anilines is 1. The van der Waals surface area contributed by atoms with Crippen molar-refractivity contribution in [1.29, 1.82) is 0 Å². The molecule has 7 heteroatoms. The molecule has 2 N–H and O–H groups in total. The number of carbonyl (C=O) groups excluding carboxylic acids is 3. The molecule has 1 saturated heterocycles. The van der Waals surface area contributed by atoms with Crippen LogP contribution in [0.15, 0.2) is 48.5 Å². The number of nitrogens with zero attached hydrogens (tertiary/aromatic N) is 1. The van der Waals surface area contributed by atoms with Crippen LogP contribution in [0.2, 0.25) is 0 Å². The molecule has 2 aromatic rings. The van der Waals surface area contributed by atoms with Crippen molar-refractivity contribution in [2.45, 2.75) is 26.2 Å². The van der Waals surface area contributed by atoms with E-state index in [9.17, 15) is 18.8 Å². The van der Waals surface area contributed by atoms with Crippen molar-refractivity contribution in [3.05, 3.63) is 65.5 Å². The number of hydrogen-bond donors (Lipinski definition) is 2. The largest absolute Gasteiger partial charge is 0.347 e. The van der Waals surface area contributed by atoms with E-state index in [2.05, 4.69) is 10.6 Å². The van der Waals surface area contributed by atoms with Gasteiger partial charge in [-0.3, -0.25) is 14.4 Å². The SMILES string of the molecule is CCc1ccccc1NC(=O)CNC(=O)C1CCN(C(=O)c2ccc(F)cc2)CC1. The lowest BCUT2D eigenvalue weighted by molar-refractivity contribution is -0.128. The Morgan fingerprint density at radius 1 is 1.03 bits per heavy atom. The van der Waals surface area contributed by atoms with Crippen LogP contribution in [0.4, 0.5) is 10.1 Å². The maximum Gasteiger partial charge on any atom is 0.253 e. The number of aryl methyl sites for hydroxylation is 1. The summed E-state index contributed by atoms with van der Waals surface area (Å²) in [4.78, 5) is 38.8. The van der Waals surface area contributed by atoms with Gasteiger partial charge in [0, 0.05) is 30.3 Å². The molecule has 1 fully saturated rings. The van der Waals surface area contributed by atoms with E-state index >= 15 is 0 Å². The summed E-state index contributed by atoms with van der Waals surface area (Å²) in [5.41, 5.74) is 2.23. The Morgan fingerprint density at radius 2 is 1.70 bits per heavy atom. The first kappa shape index (κ1) is 21.5. The molecule has 0 atom stereocenters. The highest BCUT2D eigenvalue weighted by Crippen LogP contribution is 2.20. The van der Waals surface area contributed by atoms with Crippen LogP contribution in [-0.4, -0.2) is 42.3 Å². The number of hydrogen-bond acceptors (Lipinski definition) is 3. The standard InChI is InChI=1S/C23H26FN3O3/c1-2-16-5-3-4-6-20(16)26-21(28)15-25-22(29)17-11-13-27(14-12-17)23(30)18-7-9-19(24)10-8-18/h3-10,17H,2,11-15H2,1H3,(H,25,29)(H,26,28). The maximum absolute atomic E-state index is 13.0. The summed E-state index contributed by atoms with van der Waals surface area (Å²) >= 11 is 0.